The number of rotatable bonds is 4. The lowest BCUT2D eigenvalue weighted by atomic mass is 9.87. The van der Waals surface area contributed by atoms with Gasteiger partial charge in [-0.25, -0.2) is 0 Å². The molecule has 1 aliphatic carbocycles. The van der Waals surface area contributed by atoms with Crippen LogP contribution in [-0.2, 0) is 11.3 Å². The van der Waals surface area contributed by atoms with E-state index in [1.54, 1.807) is 0 Å². The molecule has 1 aromatic rings. The van der Waals surface area contributed by atoms with Gasteiger partial charge in [0.1, 0.15) is 0 Å². The Morgan fingerprint density at radius 1 is 1.16 bits per heavy atom. The van der Waals surface area contributed by atoms with E-state index >= 15 is 0 Å². The monoisotopic (exact) mass is 260 g/mol. The van der Waals surface area contributed by atoms with Crippen LogP contribution in [0.2, 0.25) is 0 Å². The summed E-state index contributed by atoms with van der Waals surface area (Å²) in [6.07, 6.45) is 5.29. The van der Waals surface area contributed by atoms with E-state index in [0.29, 0.717) is 6.04 Å². The predicted octanol–water partition coefficient (Wildman–Crippen LogP) is 3.31. The first kappa shape index (κ1) is 14.1. The molecule has 1 amide bonds. The highest BCUT2D eigenvalue weighted by atomic mass is 16.1. The van der Waals surface area contributed by atoms with Gasteiger partial charge >= 0.3 is 0 Å². The van der Waals surface area contributed by atoms with Crippen LogP contribution in [0.1, 0.15) is 45.1 Å². The van der Waals surface area contributed by atoms with Gasteiger partial charge in [0.15, 0.2) is 0 Å². The molecule has 2 N–H and O–H groups in total. The normalized spacial score (nSPS) is 23.1. The van der Waals surface area contributed by atoms with Gasteiger partial charge in [-0.3, -0.25) is 4.79 Å². The van der Waals surface area contributed by atoms with E-state index in [9.17, 15) is 4.79 Å². The number of amides is 1. The highest BCUT2D eigenvalue weighted by molar-refractivity contribution is 5.88. The van der Waals surface area contributed by atoms with E-state index in [1.165, 1.54) is 38.2 Å². The smallest absolute Gasteiger partial charge is 0.221 e. The van der Waals surface area contributed by atoms with Crippen molar-refractivity contribution in [1.29, 1.82) is 0 Å². The van der Waals surface area contributed by atoms with E-state index in [4.69, 9.17) is 0 Å². The molecule has 1 aliphatic rings. The maximum absolute atomic E-state index is 10.9. The predicted molar refractivity (Wildman–Crippen MR) is 79.0 cm³/mol. The number of hydrogen-bond acceptors (Lipinski definition) is 2. The Kier molecular flexibility index (Phi) is 4.97. The molecule has 1 saturated carbocycles. The van der Waals surface area contributed by atoms with Crippen LogP contribution in [0, 0.1) is 5.92 Å². The third kappa shape index (κ3) is 4.67. The number of nitrogens with one attached hydrogen (secondary N) is 2. The molecule has 0 heterocycles. The minimum Gasteiger partial charge on any atom is -0.326 e. The lowest BCUT2D eigenvalue weighted by Gasteiger charge is -2.27. The lowest BCUT2D eigenvalue weighted by Crippen LogP contribution is -2.32. The second kappa shape index (κ2) is 6.71. The van der Waals surface area contributed by atoms with Crippen LogP contribution in [-0.4, -0.2) is 11.9 Å². The van der Waals surface area contributed by atoms with Crippen molar-refractivity contribution in [2.75, 3.05) is 5.32 Å². The molecule has 3 heteroatoms. The number of anilines is 1. The summed E-state index contributed by atoms with van der Waals surface area (Å²) in [6.45, 7) is 4.79. The summed E-state index contributed by atoms with van der Waals surface area (Å²) in [5.74, 6) is 0.872. The maximum Gasteiger partial charge on any atom is 0.221 e. The molecule has 19 heavy (non-hydrogen) atoms. The zero-order valence-electron chi connectivity index (χ0n) is 11.9. The van der Waals surface area contributed by atoms with Crippen molar-refractivity contribution < 1.29 is 4.79 Å². The number of carbonyl (C=O) groups excluding carboxylic acids is 1. The molecule has 0 aliphatic heterocycles. The van der Waals surface area contributed by atoms with Crippen molar-refractivity contribution in [2.45, 2.75) is 52.1 Å². The summed E-state index contributed by atoms with van der Waals surface area (Å²) in [5, 5.41) is 6.41. The summed E-state index contributed by atoms with van der Waals surface area (Å²) in [6, 6.07) is 8.74. The second-order valence-electron chi connectivity index (χ2n) is 5.72. The Hall–Kier alpha value is -1.35. The summed E-state index contributed by atoms with van der Waals surface area (Å²) >= 11 is 0. The van der Waals surface area contributed by atoms with Crippen molar-refractivity contribution in [1.82, 2.24) is 5.32 Å². The first-order chi connectivity index (χ1) is 9.13. The minimum absolute atomic E-state index is 0.0257. The molecule has 3 nitrogen and oxygen atoms in total. The van der Waals surface area contributed by atoms with Gasteiger partial charge in [0.05, 0.1) is 0 Å². The zero-order valence-corrected chi connectivity index (χ0v) is 11.9. The average molecular weight is 260 g/mol. The molecule has 1 fully saturated rings. The van der Waals surface area contributed by atoms with Crippen molar-refractivity contribution in [3.63, 3.8) is 0 Å². The summed E-state index contributed by atoms with van der Waals surface area (Å²) in [7, 11) is 0. The molecule has 0 spiro atoms. The standard InChI is InChI=1S/C16H24N2O/c1-12-3-7-15(8-4-12)17-11-14-5-9-16(10-6-14)18-13(2)19/h5-6,9-10,12,15,17H,3-4,7-8,11H2,1-2H3,(H,18,19). The maximum atomic E-state index is 10.9. The quantitative estimate of drug-likeness (QED) is 0.872. The minimum atomic E-state index is -0.0257. The van der Waals surface area contributed by atoms with Gasteiger partial charge in [0, 0.05) is 25.2 Å². The molecule has 0 radical (unpaired) electrons. The van der Waals surface area contributed by atoms with Crippen LogP contribution < -0.4 is 10.6 Å². The Bertz CT molecular complexity index is 405. The molecular weight excluding hydrogens is 236 g/mol. The van der Waals surface area contributed by atoms with Crippen LogP contribution in [0.25, 0.3) is 0 Å². The van der Waals surface area contributed by atoms with Crippen molar-refractivity contribution in [3.05, 3.63) is 29.8 Å². The fraction of sp³-hybridized carbons (Fsp3) is 0.562. The first-order valence-corrected chi connectivity index (χ1v) is 7.23. The fourth-order valence-electron chi connectivity index (χ4n) is 2.64. The van der Waals surface area contributed by atoms with Crippen molar-refractivity contribution >= 4 is 11.6 Å². The van der Waals surface area contributed by atoms with Gasteiger partial charge in [-0.15, -0.1) is 0 Å². The molecule has 1 aromatic carbocycles. The number of hydrogen-bond donors (Lipinski definition) is 2. The average Bonchev–Trinajstić information content (AvgIpc) is 2.39. The lowest BCUT2D eigenvalue weighted by molar-refractivity contribution is -0.114. The summed E-state index contributed by atoms with van der Waals surface area (Å²) in [5.41, 5.74) is 2.13. The third-order valence-electron chi connectivity index (χ3n) is 3.89. The molecule has 0 aromatic heterocycles. The van der Waals surface area contributed by atoms with Crippen molar-refractivity contribution in [3.8, 4) is 0 Å². The third-order valence-corrected chi connectivity index (χ3v) is 3.89. The molecule has 0 saturated heterocycles. The molecule has 2 rings (SSSR count). The molecule has 104 valence electrons. The van der Waals surface area contributed by atoms with Crippen LogP contribution in [0.5, 0.6) is 0 Å². The van der Waals surface area contributed by atoms with E-state index in [1.807, 2.05) is 12.1 Å². The number of benzene rings is 1. The van der Waals surface area contributed by atoms with Gasteiger partial charge in [0.25, 0.3) is 0 Å². The van der Waals surface area contributed by atoms with Gasteiger partial charge in [-0.2, -0.15) is 0 Å². The van der Waals surface area contributed by atoms with E-state index in [-0.39, 0.29) is 5.91 Å². The highest BCUT2D eigenvalue weighted by Gasteiger charge is 2.17. The first-order valence-electron chi connectivity index (χ1n) is 7.23. The van der Waals surface area contributed by atoms with E-state index in [2.05, 4.69) is 29.7 Å². The van der Waals surface area contributed by atoms with Gasteiger partial charge in [-0.05, 0) is 49.3 Å². The summed E-state index contributed by atoms with van der Waals surface area (Å²) < 4.78 is 0. The van der Waals surface area contributed by atoms with Crippen LogP contribution in [0.4, 0.5) is 5.69 Å². The van der Waals surface area contributed by atoms with Crippen LogP contribution >= 0.6 is 0 Å². The SMILES string of the molecule is CC(=O)Nc1ccc(CNC2CCC(C)CC2)cc1. The number of carbonyl (C=O) groups is 1. The van der Waals surface area contributed by atoms with Gasteiger partial charge in [0.2, 0.25) is 5.91 Å². The molecule has 0 unspecified atom stereocenters. The van der Waals surface area contributed by atoms with Gasteiger partial charge < -0.3 is 10.6 Å². The van der Waals surface area contributed by atoms with E-state index in [0.717, 1.165) is 18.2 Å². The Morgan fingerprint density at radius 3 is 2.37 bits per heavy atom. The fourth-order valence-corrected chi connectivity index (χ4v) is 2.64. The Balaban J connectivity index is 1.78. The largest absolute Gasteiger partial charge is 0.326 e. The van der Waals surface area contributed by atoms with E-state index < -0.39 is 0 Å². The molecule has 0 bridgehead atoms. The summed E-state index contributed by atoms with van der Waals surface area (Å²) in [4.78, 5) is 10.9. The second-order valence-corrected chi connectivity index (χ2v) is 5.72. The van der Waals surface area contributed by atoms with Crippen LogP contribution in [0.15, 0.2) is 24.3 Å². The highest BCUT2D eigenvalue weighted by Crippen LogP contribution is 2.23. The van der Waals surface area contributed by atoms with Crippen molar-refractivity contribution in [2.24, 2.45) is 5.92 Å². The topological polar surface area (TPSA) is 41.1 Å². The van der Waals surface area contributed by atoms with Crippen LogP contribution in [0.3, 0.4) is 0 Å². The zero-order chi connectivity index (χ0) is 13.7. The van der Waals surface area contributed by atoms with Gasteiger partial charge in [-0.1, -0.05) is 19.1 Å². The molecular formula is C16H24N2O. The Labute approximate surface area is 115 Å². The Morgan fingerprint density at radius 2 is 1.79 bits per heavy atom. The molecule has 0 atom stereocenters.